The lowest BCUT2D eigenvalue weighted by Crippen LogP contribution is -2.66. The van der Waals surface area contributed by atoms with E-state index in [0.29, 0.717) is 0 Å². The third-order valence-corrected chi connectivity index (χ3v) is 3.84. The van der Waals surface area contributed by atoms with Gasteiger partial charge in [-0.15, -0.1) is 0 Å². The molecule has 1 unspecified atom stereocenters. The van der Waals surface area contributed by atoms with E-state index >= 15 is 0 Å². The number of nitrogens with one attached hydrogen (secondary N) is 1. The van der Waals surface area contributed by atoms with Gasteiger partial charge >= 0.3 is 6.18 Å². The second-order valence-electron chi connectivity index (χ2n) is 5.77. The quantitative estimate of drug-likeness (QED) is 0.747. The fourth-order valence-corrected chi connectivity index (χ4v) is 2.62. The van der Waals surface area contributed by atoms with Gasteiger partial charge in [0.05, 0.1) is 6.54 Å². The zero-order valence-corrected chi connectivity index (χ0v) is 11.8. The predicted octanol–water partition coefficient (Wildman–Crippen LogP) is 1.08. The second-order valence-corrected chi connectivity index (χ2v) is 5.77. The first-order valence-corrected chi connectivity index (χ1v) is 6.97. The Bertz CT molecular complexity index is 423. The second kappa shape index (κ2) is 5.82. The first-order chi connectivity index (χ1) is 9.72. The molecule has 0 aromatic rings. The van der Waals surface area contributed by atoms with Crippen molar-refractivity contribution >= 4 is 11.8 Å². The molecule has 1 aliphatic heterocycles. The molecule has 21 heavy (non-hydrogen) atoms. The molecule has 0 radical (unpaired) electrons. The predicted molar refractivity (Wildman–Crippen MR) is 67.3 cm³/mol. The van der Waals surface area contributed by atoms with Crippen molar-refractivity contribution in [1.29, 1.82) is 0 Å². The lowest BCUT2D eigenvalue weighted by atomic mass is 9.91. The number of nitrogens with zero attached hydrogens (tertiary/aromatic N) is 1. The largest absolute Gasteiger partial charge is 0.411 e. The number of carbonyl (C=O) groups is 2. The van der Waals surface area contributed by atoms with Crippen molar-refractivity contribution in [2.24, 2.45) is 5.92 Å². The smallest absolute Gasteiger partial charge is 0.372 e. The molecule has 0 bridgehead atoms. The van der Waals surface area contributed by atoms with Gasteiger partial charge in [-0.2, -0.15) is 13.2 Å². The van der Waals surface area contributed by atoms with Crippen LogP contribution in [0, 0.1) is 5.92 Å². The Balaban J connectivity index is 1.79. The molecule has 1 N–H and O–H groups in total. The lowest BCUT2D eigenvalue weighted by Gasteiger charge is -2.40. The van der Waals surface area contributed by atoms with Crippen LogP contribution in [0.2, 0.25) is 0 Å². The van der Waals surface area contributed by atoms with E-state index in [9.17, 15) is 22.8 Å². The van der Waals surface area contributed by atoms with Crippen LogP contribution in [0.4, 0.5) is 13.2 Å². The topological polar surface area (TPSA) is 58.6 Å². The molecule has 5 nitrogen and oxygen atoms in total. The Labute approximate surface area is 120 Å². The fourth-order valence-electron chi connectivity index (χ4n) is 2.62. The number of amides is 2. The summed E-state index contributed by atoms with van der Waals surface area (Å²) < 4.78 is 40.2. The van der Waals surface area contributed by atoms with Gasteiger partial charge in [-0.3, -0.25) is 9.59 Å². The molecule has 0 spiro atoms. The van der Waals surface area contributed by atoms with Crippen molar-refractivity contribution < 1.29 is 27.5 Å². The molecule has 2 rings (SSSR count). The van der Waals surface area contributed by atoms with E-state index in [-0.39, 0.29) is 43.8 Å². The number of hydrogen-bond acceptors (Lipinski definition) is 3. The van der Waals surface area contributed by atoms with Crippen molar-refractivity contribution in [3.63, 3.8) is 0 Å². The van der Waals surface area contributed by atoms with Gasteiger partial charge in [0.15, 0.2) is 0 Å². The van der Waals surface area contributed by atoms with Crippen molar-refractivity contribution in [2.45, 2.75) is 37.9 Å². The third-order valence-electron chi connectivity index (χ3n) is 3.84. The van der Waals surface area contributed by atoms with Crippen LogP contribution in [0.3, 0.4) is 0 Å². The molecular formula is C13H19F3N2O3. The van der Waals surface area contributed by atoms with Crippen molar-refractivity contribution in [3.8, 4) is 0 Å². The summed E-state index contributed by atoms with van der Waals surface area (Å²) in [6.07, 6.45) is -2.25. The summed E-state index contributed by atoms with van der Waals surface area (Å²) in [5.41, 5.74) is -0.859. The number of piperazine rings is 1. The summed E-state index contributed by atoms with van der Waals surface area (Å²) >= 11 is 0. The molecule has 1 saturated heterocycles. The van der Waals surface area contributed by atoms with Gasteiger partial charge in [-0.25, -0.2) is 0 Å². The summed E-state index contributed by atoms with van der Waals surface area (Å²) in [5, 5.41) is 2.75. The average molecular weight is 308 g/mol. The van der Waals surface area contributed by atoms with E-state index in [4.69, 9.17) is 0 Å². The van der Waals surface area contributed by atoms with Crippen LogP contribution < -0.4 is 5.32 Å². The number of alkyl halides is 3. The number of carbonyl (C=O) groups excluding carboxylic acids is 2. The summed E-state index contributed by atoms with van der Waals surface area (Å²) in [5.74, 6) is -0.209. The molecule has 2 fully saturated rings. The first-order valence-electron chi connectivity index (χ1n) is 6.97. The van der Waals surface area contributed by atoms with Crippen LogP contribution in [0.25, 0.3) is 0 Å². The highest BCUT2D eigenvalue weighted by atomic mass is 19.4. The molecule has 0 aromatic carbocycles. The minimum atomic E-state index is -4.34. The Morgan fingerprint density at radius 2 is 2.05 bits per heavy atom. The van der Waals surface area contributed by atoms with E-state index < -0.39 is 18.3 Å². The maximum Gasteiger partial charge on any atom is 0.411 e. The molecule has 2 aliphatic rings. The number of hydrogen-bond donors (Lipinski definition) is 1. The highest BCUT2D eigenvalue weighted by Crippen LogP contribution is 2.41. The summed E-state index contributed by atoms with van der Waals surface area (Å²) in [6, 6.07) is 0. The maximum absolute atomic E-state index is 12.4. The SMILES string of the molecule is CC1(C2CC2)NC(=O)CN(CCCOCC(F)(F)F)C1=O. The van der Waals surface area contributed by atoms with Gasteiger partial charge in [-0.05, 0) is 32.1 Å². The van der Waals surface area contributed by atoms with E-state index in [2.05, 4.69) is 10.1 Å². The number of ether oxygens (including phenoxy) is 1. The van der Waals surface area contributed by atoms with Gasteiger partial charge in [0.1, 0.15) is 12.1 Å². The Morgan fingerprint density at radius 1 is 1.38 bits per heavy atom. The van der Waals surface area contributed by atoms with Crippen molar-refractivity contribution in [3.05, 3.63) is 0 Å². The van der Waals surface area contributed by atoms with Crippen LogP contribution in [0.5, 0.6) is 0 Å². The van der Waals surface area contributed by atoms with Gasteiger partial charge < -0.3 is 15.0 Å². The molecule has 1 saturated carbocycles. The minimum absolute atomic E-state index is 0.0413. The van der Waals surface area contributed by atoms with Crippen LogP contribution in [-0.2, 0) is 14.3 Å². The Morgan fingerprint density at radius 3 is 2.62 bits per heavy atom. The average Bonchev–Trinajstić information content (AvgIpc) is 3.17. The van der Waals surface area contributed by atoms with Crippen LogP contribution >= 0.6 is 0 Å². The summed E-state index contributed by atoms with van der Waals surface area (Å²) in [4.78, 5) is 25.5. The summed E-state index contributed by atoms with van der Waals surface area (Å²) in [7, 11) is 0. The van der Waals surface area contributed by atoms with Crippen molar-refractivity contribution in [2.75, 3.05) is 26.3 Å². The number of rotatable bonds is 6. The Hall–Kier alpha value is -1.31. The zero-order chi connectivity index (χ0) is 15.7. The third kappa shape index (κ3) is 4.09. The van der Waals surface area contributed by atoms with Gasteiger partial charge in [0.25, 0.3) is 0 Å². The van der Waals surface area contributed by atoms with Gasteiger partial charge in [0.2, 0.25) is 11.8 Å². The van der Waals surface area contributed by atoms with E-state index in [1.807, 2.05) is 0 Å². The molecule has 120 valence electrons. The maximum atomic E-state index is 12.4. The van der Waals surface area contributed by atoms with E-state index in [1.165, 1.54) is 4.90 Å². The molecule has 2 amide bonds. The minimum Gasteiger partial charge on any atom is -0.372 e. The van der Waals surface area contributed by atoms with E-state index in [0.717, 1.165) is 12.8 Å². The highest BCUT2D eigenvalue weighted by Gasteiger charge is 2.52. The van der Waals surface area contributed by atoms with Crippen molar-refractivity contribution in [1.82, 2.24) is 10.2 Å². The van der Waals surface area contributed by atoms with Gasteiger partial charge in [-0.1, -0.05) is 0 Å². The van der Waals surface area contributed by atoms with Crippen LogP contribution in [0.1, 0.15) is 26.2 Å². The standard InChI is InChI=1S/C13H19F3N2O3/c1-12(9-3-4-9)11(20)18(7-10(19)17-12)5-2-6-21-8-13(14,15)16/h9H,2-8H2,1H3,(H,17,19). The molecule has 1 aliphatic carbocycles. The lowest BCUT2D eigenvalue weighted by molar-refractivity contribution is -0.174. The highest BCUT2D eigenvalue weighted by molar-refractivity contribution is 5.98. The molecule has 8 heteroatoms. The van der Waals surface area contributed by atoms with Crippen LogP contribution in [-0.4, -0.2) is 54.7 Å². The molecular weight excluding hydrogens is 289 g/mol. The molecule has 0 aromatic heterocycles. The van der Waals surface area contributed by atoms with Crippen LogP contribution in [0.15, 0.2) is 0 Å². The van der Waals surface area contributed by atoms with Gasteiger partial charge in [0, 0.05) is 13.2 Å². The van der Waals surface area contributed by atoms with E-state index in [1.54, 1.807) is 6.92 Å². The first kappa shape index (κ1) is 16.1. The molecule has 1 heterocycles. The number of halogens is 3. The zero-order valence-electron chi connectivity index (χ0n) is 11.8. The Kier molecular flexibility index (Phi) is 4.46. The normalized spacial score (nSPS) is 27.0. The fraction of sp³-hybridized carbons (Fsp3) is 0.846. The summed E-state index contributed by atoms with van der Waals surface area (Å²) in [6.45, 7) is 0.524. The molecule has 1 atom stereocenters. The monoisotopic (exact) mass is 308 g/mol.